The zero-order chi connectivity index (χ0) is 20.6. The predicted octanol–water partition coefficient (Wildman–Crippen LogP) is 2.96. The molecule has 3 heterocycles. The van der Waals surface area contributed by atoms with Gasteiger partial charge in [-0.15, -0.1) is 0 Å². The highest BCUT2D eigenvalue weighted by molar-refractivity contribution is 5.94. The molecule has 7 nitrogen and oxygen atoms in total. The fourth-order valence-electron chi connectivity index (χ4n) is 4.25. The van der Waals surface area contributed by atoms with E-state index >= 15 is 0 Å². The molecule has 2 aromatic rings. The Morgan fingerprint density at radius 3 is 2.62 bits per heavy atom. The Bertz CT molecular complexity index is 946. The number of hydrogen-bond acceptors (Lipinski definition) is 5. The van der Waals surface area contributed by atoms with Crippen LogP contribution in [-0.2, 0) is 24.8 Å². The second-order valence-corrected chi connectivity index (χ2v) is 9.36. The summed E-state index contributed by atoms with van der Waals surface area (Å²) in [7, 11) is 0. The van der Waals surface area contributed by atoms with Crippen LogP contribution in [0.15, 0.2) is 21.5 Å². The molecule has 2 aromatic heterocycles. The molecule has 0 radical (unpaired) electrons. The van der Waals surface area contributed by atoms with Crippen LogP contribution >= 0.6 is 0 Å². The summed E-state index contributed by atoms with van der Waals surface area (Å²) in [6.45, 7) is 8.24. The van der Waals surface area contributed by atoms with Crippen LogP contribution in [0.2, 0.25) is 0 Å². The molecular weight excluding hydrogens is 368 g/mol. The molecule has 0 unspecified atom stereocenters. The first-order chi connectivity index (χ1) is 13.8. The van der Waals surface area contributed by atoms with Crippen LogP contribution in [0.25, 0.3) is 0 Å². The van der Waals surface area contributed by atoms with Gasteiger partial charge in [-0.25, -0.2) is 4.68 Å². The largest absolute Gasteiger partial charge is 0.360 e. The molecule has 0 aromatic carbocycles. The molecule has 4 rings (SSSR count). The maximum atomic E-state index is 12.9. The molecule has 1 aliphatic heterocycles. The first-order valence-electron chi connectivity index (χ1n) is 10.7. The van der Waals surface area contributed by atoms with Gasteiger partial charge in [-0.2, -0.15) is 5.10 Å². The van der Waals surface area contributed by atoms with Gasteiger partial charge in [-0.05, 0) is 44.1 Å². The lowest BCUT2D eigenvalue weighted by Gasteiger charge is -2.32. The molecule has 1 saturated heterocycles. The Morgan fingerprint density at radius 2 is 1.90 bits per heavy atom. The Balaban J connectivity index is 1.39. The Morgan fingerprint density at radius 1 is 1.17 bits per heavy atom. The maximum absolute atomic E-state index is 12.9. The minimum Gasteiger partial charge on any atom is -0.360 e. The molecule has 1 amide bonds. The van der Waals surface area contributed by atoms with E-state index in [1.165, 1.54) is 0 Å². The van der Waals surface area contributed by atoms with Gasteiger partial charge < -0.3 is 9.42 Å². The number of rotatable bonds is 3. The smallest absolute Gasteiger partial charge is 0.276 e. The monoisotopic (exact) mass is 398 g/mol. The third-order valence-electron chi connectivity index (χ3n) is 6.12. The summed E-state index contributed by atoms with van der Waals surface area (Å²) < 4.78 is 7.00. The fraction of sp³-hybridized carbons (Fsp3) is 0.636. The molecule has 0 atom stereocenters. The summed E-state index contributed by atoms with van der Waals surface area (Å²) in [5, 5.41) is 8.66. The molecule has 0 saturated carbocycles. The molecule has 2 aliphatic rings. The Hall–Kier alpha value is -2.44. The van der Waals surface area contributed by atoms with Crippen molar-refractivity contribution in [2.45, 2.75) is 71.3 Å². The highest BCUT2D eigenvalue weighted by atomic mass is 16.5. The quantitative estimate of drug-likeness (QED) is 0.794. The summed E-state index contributed by atoms with van der Waals surface area (Å²) >= 11 is 0. The summed E-state index contributed by atoms with van der Waals surface area (Å²) in [4.78, 5) is 27.1. The molecule has 1 aliphatic carbocycles. The SMILES string of the molecule is CC(C)(C)c1ccc(=O)n(CC2CCN(C(=O)c3noc4c3CCCC4)CC2)n1. The number of carbonyl (C=O) groups is 1. The van der Waals surface area contributed by atoms with Gasteiger partial charge in [0.25, 0.3) is 11.5 Å². The summed E-state index contributed by atoms with van der Waals surface area (Å²) in [5.74, 6) is 1.21. The van der Waals surface area contributed by atoms with Crippen molar-refractivity contribution in [1.82, 2.24) is 19.8 Å². The lowest BCUT2D eigenvalue weighted by atomic mass is 9.92. The van der Waals surface area contributed by atoms with Crippen LogP contribution < -0.4 is 5.56 Å². The zero-order valence-corrected chi connectivity index (χ0v) is 17.6. The third-order valence-corrected chi connectivity index (χ3v) is 6.12. The normalized spacial score (nSPS) is 18.0. The number of piperidine rings is 1. The second-order valence-electron chi connectivity index (χ2n) is 9.36. The van der Waals surface area contributed by atoms with E-state index in [1.807, 2.05) is 11.0 Å². The average Bonchev–Trinajstić information content (AvgIpc) is 3.13. The van der Waals surface area contributed by atoms with E-state index in [1.54, 1.807) is 10.7 Å². The van der Waals surface area contributed by atoms with Crippen molar-refractivity contribution in [2.24, 2.45) is 5.92 Å². The Labute approximate surface area is 171 Å². The van der Waals surface area contributed by atoms with Crippen LogP contribution in [-0.4, -0.2) is 38.8 Å². The van der Waals surface area contributed by atoms with E-state index in [0.717, 1.165) is 55.5 Å². The molecule has 7 heteroatoms. The van der Waals surface area contributed by atoms with Gasteiger partial charge >= 0.3 is 0 Å². The van der Waals surface area contributed by atoms with Crippen LogP contribution in [0.4, 0.5) is 0 Å². The molecular formula is C22H30N4O3. The van der Waals surface area contributed by atoms with E-state index in [9.17, 15) is 9.59 Å². The number of aryl methyl sites for hydroxylation is 1. The van der Waals surface area contributed by atoms with Crippen molar-refractivity contribution in [2.75, 3.05) is 13.1 Å². The lowest BCUT2D eigenvalue weighted by molar-refractivity contribution is 0.0669. The summed E-state index contributed by atoms with van der Waals surface area (Å²) in [5.41, 5.74) is 2.28. The molecule has 156 valence electrons. The third kappa shape index (κ3) is 4.14. The first-order valence-corrected chi connectivity index (χ1v) is 10.7. The van der Waals surface area contributed by atoms with Crippen LogP contribution in [0.1, 0.15) is 74.0 Å². The van der Waals surface area contributed by atoms with E-state index in [0.29, 0.717) is 31.2 Å². The minimum atomic E-state index is -0.0953. The minimum absolute atomic E-state index is 0.0135. The van der Waals surface area contributed by atoms with Gasteiger partial charge in [0.15, 0.2) is 5.69 Å². The second kappa shape index (κ2) is 7.76. The van der Waals surface area contributed by atoms with Crippen molar-refractivity contribution < 1.29 is 9.32 Å². The van der Waals surface area contributed by atoms with Gasteiger partial charge in [0.1, 0.15) is 5.76 Å². The van der Waals surface area contributed by atoms with E-state index in [4.69, 9.17) is 4.52 Å². The van der Waals surface area contributed by atoms with Crippen molar-refractivity contribution in [1.29, 1.82) is 0 Å². The van der Waals surface area contributed by atoms with Crippen LogP contribution in [0.3, 0.4) is 0 Å². The fourth-order valence-corrected chi connectivity index (χ4v) is 4.25. The van der Waals surface area contributed by atoms with Gasteiger partial charge in [0.2, 0.25) is 0 Å². The van der Waals surface area contributed by atoms with Gasteiger partial charge in [-0.1, -0.05) is 25.9 Å². The van der Waals surface area contributed by atoms with Crippen molar-refractivity contribution in [3.63, 3.8) is 0 Å². The molecule has 0 bridgehead atoms. The highest BCUT2D eigenvalue weighted by Gasteiger charge is 2.30. The summed E-state index contributed by atoms with van der Waals surface area (Å²) in [6.07, 6.45) is 5.68. The highest BCUT2D eigenvalue weighted by Crippen LogP contribution is 2.27. The number of aromatic nitrogens is 3. The van der Waals surface area contributed by atoms with E-state index < -0.39 is 0 Å². The molecule has 0 spiro atoms. The standard InChI is InChI=1S/C22H30N4O3/c1-22(2,3)18-8-9-19(27)26(23-18)14-15-10-12-25(13-11-15)21(28)20-16-6-4-5-7-17(16)29-24-20/h8-9,15H,4-7,10-14H2,1-3H3. The Kier molecular flexibility index (Phi) is 5.32. The van der Waals surface area contributed by atoms with Gasteiger partial charge in [-0.3, -0.25) is 9.59 Å². The van der Waals surface area contributed by atoms with Crippen LogP contribution in [0, 0.1) is 5.92 Å². The molecule has 0 N–H and O–H groups in total. The van der Waals surface area contributed by atoms with Crippen LogP contribution in [0.5, 0.6) is 0 Å². The topological polar surface area (TPSA) is 81.2 Å². The van der Waals surface area contributed by atoms with Gasteiger partial charge in [0.05, 0.1) is 5.69 Å². The van der Waals surface area contributed by atoms with E-state index in [-0.39, 0.29) is 16.9 Å². The number of likely N-dealkylation sites (tertiary alicyclic amines) is 1. The van der Waals surface area contributed by atoms with Gasteiger partial charge in [0, 0.05) is 43.1 Å². The molecule has 1 fully saturated rings. The predicted molar refractivity (Wildman–Crippen MR) is 109 cm³/mol. The lowest BCUT2D eigenvalue weighted by Crippen LogP contribution is -2.41. The number of amides is 1. The number of hydrogen-bond donors (Lipinski definition) is 0. The zero-order valence-electron chi connectivity index (χ0n) is 17.6. The summed E-state index contributed by atoms with van der Waals surface area (Å²) in [6, 6.07) is 3.43. The van der Waals surface area contributed by atoms with Crippen molar-refractivity contribution in [3.8, 4) is 0 Å². The average molecular weight is 399 g/mol. The maximum Gasteiger partial charge on any atom is 0.276 e. The number of nitrogens with zero attached hydrogens (tertiary/aromatic N) is 4. The first kappa shape index (κ1) is 19.9. The van der Waals surface area contributed by atoms with Crippen molar-refractivity contribution in [3.05, 3.63) is 45.2 Å². The number of carbonyl (C=O) groups excluding carboxylic acids is 1. The van der Waals surface area contributed by atoms with Crippen molar-refractivity contribution >= 4 is 5.91 Å². The van der Waals surface area contributed by atoms with E-state index in [2.05, 4.69) is 31.0 Å². The number of fused-ring (bicyclic) bond motifs is 1. The molecule has 29 heavy (non-hydrogen) atoms.